The molecule has 0 bridgehead atoms. The zero-order valence-electron chi connectivity index (χ0n) is 13.2. The molecule has 124 valence electrons. The smallest absolute Gasteiger partial charge is 0.342 e. The number of para-hydroxylation sites is 1. The van der Waals surface area contributed by atoms with Crippen LogP contribution in [0.5, 0.6) is 5.75 Å². The number of ether oxygens (including phenoxy) is 2. The van der Waals surface area contributed by atoms with Crippen molar-refractivity contribution in [3.05, 3.63) is 46.8 Å². The third-order valence-corrected chi connectivity index (χ3v) is 3.91. The summed E-state index contributed by atoms with van der Waals surface area (Å²) in [7, 11) is 0. The van der Waals surface area contributed by atoms with Crippen molar-refractivity contribution in [2.45, 2.75) is 20.0 Å². The first-order chi connectivity index (χ1) is 11.6. The van der Waals surface area contributed by atoms with E-state index in [9.17, 15) is 9.59 Å². The molecule has 7 heteroatoms. The fraction of sp³-hybridized carbons (Fsp3) is 0.235. The molecule has 1 aromatic carbocycles. The average molecular weight is 344 g/mol. The highest BCUT2D eigenvalue weighted by Crippen LogP contribution is 2.23. The highest BCUT2D eigenvalue weighted by Gasteiger charge is 2.22. The maximum atomic E-state index is 12.2. The number of benzene rings is 1. The Morgan fingerprint density at radius 3 is 2.79 bits per heavy atom. The number of anilines is 1. The standard InChI is InChI=1S/C17H16N2O4S/c1-3-22-14-7-5-4-6-13(14)17(21)23-11(2)15(20)19-16-12(10-18)8-9-24-16/h4-9,11H,3H2,1-2H3,(H,19,20). The number of carbonyl (C=O) groups excluding carboxylic acids is 2. The van der Waals surface area contributed by atoms with Crippen molar-refractivity contribution in [1.82, 2.24) is 0 Å². The second kappa shape index (κ2) is 8.13. The second-order valence-electron chi connectivity index (χ2n) is 4.74. The van der Waals surface area contributed by atoms with Crippen molar-refractivity contribution in [2.75, 3.05) is 11.9 Å². The van der Waals surface area contributed by atoms with Gasteiger partial charge in [0.25, 0.3) is 5.91 Å². The Labute approximate surface area is 143 Å². The molecule has 0 aliphatic heterocycles. The lowest BCUT2D eigenvalue weighted by Gasteiger charge is -2.14. The van der Waals surface area contributed by atoms with Gasteiger partial charge in [0.1, 0.15) is 22.4 Å². The molecule has 24 heavy (non-hydrogen) atoms. The fourth-order valence-corrected chi connectivity index (χ4v) is 2.64. The van der Waals surface area contributed by atoms with Crippen LogP contribution in [0.15, 0.2) is 35.7 Å². The molecule has 2 aromatic rings. The number of hydrogen-bond donors (Lipinski definition) is 1. The number of hydrogen-bond acceptors (Lipinski definition) is 6. The van der Waals surface area contributed by atoms with E-state index in [1.807, 2.05) is 13.0 Å². The number of rotatable bonds is 6. The van der Waals surface area contributed by atoms with Crippen molar-refractivity contribution < 1.29 is 19.1 Å². The molecule has 1 N–H and O–H groups in total. The van der Waals surface area contributed by atoms with Crippen LogP contribution in [0.4, 0.5) is 5.00 Å². The lowest BCUT2D eigenvalue weighted by molar-refractivity contribution is -0.123. The van der Waals surface area contributed by atoms with Crippen LogP contribution >= 0.6 is 11.3 Å². The highest BCUT2D eigenvalue weighted by atomic mass is 32.1. The third-order valence-electron chi connectivity index (χ3n) is 3.08. The molecular weight excluding hydrogens is 328 g/mol. The topological polar surface area (TPSA) is 88.4 Å². The zero-order chi connectivity index (χ0) is 17.5. The second-order valence-corrected chi connectivity index (χ2v) is 5.66. The van der Waals surface area contributed by atoms with Gasteiger partial charge in [-0.05, 0) is 37.4 Å². The summed E-state index contributed by atoms with van der Waals surface area (Å²) in [6.07, 6.45) is -1.01. The lowest BCUT2D eigenvalue weighted by atomic mass is 10.2. The minimum atomic E-state index is -1.01. The van der Waals surface area contributed by atoms with Crippen LogP contribution in [0.3, 0.4) is 0 Å². The van der Waals surface area contributed by atoms with Crippen LogP contribution in [-0.4, -0.2) is 24.6 Å². The number of amides is 1. The molecule has 0 aliphatic rings. The first kappa shape index (κ1) is 17.5. The molecule has 0 fully saturated rings. The van der Waals surface area contributed by atoms with Gasteiger partial charge in [0.15, 0.2) is 6.10 Å². The fourth-order valence-electron chi connectivity index (χ4n) is 1.90. The predicted octanol–water partition coefficient (Wildman–Crippen LogP) is 3.20. The quantitative estimate of drug-likeness (QED) is 0.813. The highest BCUT2D eigenvalue weighted by molar-refractivity contribution is 7.14. The van der Waals surface area contributed by atoms with Crippen LogP contribution in [0.25, 0.3) is 0 Å². The largest absolute Gasteiger partial charge is 0.493 e. The van der Waals surface area contributed by atoms with Gasteiger partial charge in [0.05, 0.1) is 12.2 Å². The molecule has 0 spiro atoms. The van der Waals surface area contributed by atoms with Gasteiger partial charge in [-0.15, -0.1) is 11.3 Å². The maximum Gasteiger partial charge on any atom is 0.342 e. The van der Waals surface area contributed by atoms with E-state index >= 15 is 0 Å². The molecule has 0 saturated heterocycles. The zero-order valence-corrected chi connectivity index (χ0v) is 14.1. The van der Waals surface area contributed by atoms with E-state index < -0.39 is 18.0 Å². The molecule has 1 atom stereocenters. The molecule has 2 rings (SSSR count). The average Bonchev–Trinajstić information content (AvgIpc) is 3.02. The van der Waals surface area contributed by atoms with Crippen molar-refractivity contribution in [3.63, 3.8) is 0 Å². The Hall–Kier alpha value is -2.85. The van der Waals surface area contributed by atoms with Crippen LogP contribution in [-0.2, 0) is 9.53 Å². The van der Waals surface area contributed by atoms with Crippen molar-refractivity contribution in [3.8, 4) is 11.8 Å². The van der Waals surface area contributed by atoms with Crippen molar-refractivity contribution >= 4 is 28.2 Å². The molecular formula is C17H16N2O4S. The molecule has 0 radical (unpaired) electrons. The van der Waals surface area contributed by atoms with E-state index in [-0.39, 0.29) is 5.56 Å². The van der Waals surface area contributed by atoms with Gasteiger partial charge in [-0.3, -0.25) is 4.79 Å². The number of nitriles is 1. The van der Waals surface area contributed by atoms with Crippen molar-refractivity contribution in [1.29, 1.82) is 5.26 Å². The molecule has 1 aromatic heterocycles. The monoisotopic (exact) mass is 344 g/mol. The number of nitrogens with zero attached hydrogens (tertiary/aromatic N) is 1. The van der Waals surface area contributed by atoms with Crippen molar-refractivity contribution in [2.24, 2.45) is 0 Å². The molecule has 1 unspecified atom stereocenters. The maximum absolute atomic E-state index is 12.2. The van der Waals surface area contributed by atoms with Crippen LogP contribution < -0.4 is 10.1 Å². The summed E-state index contributed by atoms with van der Waals surface area (Å²) < 4.78 is 10.6. The molecule has 1 amide bonds. The van der Waals surface area contributed by atoms with E-state index in [0.29, 0.717) is 22.9 Å². The van der Waals surface area contributed by atoms with Gasteiger partial charge >= 0.3 is 5.97 Å². The third kappa shape index (κ3) is 4.12. The summed E-state index contributed by atoms with van der Waals surface area (Å²) in [5.41, 5.74) is 0.626. The SMILES string of the molecule is CCOc1ccccc1C(=O)OC(C)C(=O)Nc1sccc1C#N. The first-order valence-corrected chi connectivity index (χ1v) is 8.16. The summed E-state index contributed by atoms with van der Waals surface area (Å²) in [4.78, 5) is 24.4. The van der Waals surface area contributed by atoms with Crippen LogP contribution in [0, 0.1) is 11.3 Å². The van der Waals surface area contributed by atoms with Crippen LogP contribution in [0.1, 0.15) is 29.8 Å². The lowest BCUT2D eigenvalue weighted by Crippen LogP contribution is -2.30. The van der Waals surface area contributed by atoms with E-state index in [0.717, 1.165) is 0 Å². The summed E-state index contributed by atoms with van der Waals surface area (Å²) >= 11 is 1.23. The Morgan fingerprint density at radius 2 is 2.08 bits per heavy atom. The van der Waals surface area contributed by atoms with Gasteiger partial charge in [0, 0.05) is 0 Å². The summed E-state index contributed by atoms with van der Waals surface area (Å²) in [6.45, 7) is 3.69. The number of nitrogens with one attached hydrogen (secondary N) is 1. The molecule has 0 aliphatic carbocycles. The van der Waals surface area contributed by atoms with E-state index in [2.05, 4.69) is 5.32 Å². The van der Waals surface area contributed by atoms with Gasteiger partial charge in [-0.25, -0.2) is 4.79 Å². The summed E-state index contributed by atoms with van der Waals surface area (Å²) in [6, 6.07) is 10.3. The minimum absolute atomic E-state index is 0.257. The Morgan fingerprint density at radius 1 is 1.33 bits per heavy atom. The Balaban J connectivity index is 2.04. The molecule has 1 heterocycles. The van der Waals surface area contributed by atoms with E-state index in [1.165, 1.54) is 18.3 Å². The summed E-state index contributed by atoms with van der Waals surface area (Å²) in [5, 5.41) is 13.7. The van der Waals surface area contributed by atoms with Gasteiger partial charge in [-0.2, -0.15) is 5.26 Å². The number of thiophene rings is 1. The first-order valence-electron chi connectivity index (χ1n) is 7.28. The van der Waals surface area contributed by atoms with Gasteiger partial charge in [0.2, 0.25) is 0 Å². The van der Waals surface area contributed by atoms with Gasteiger partial charge < -0.3 is 14.8 Å². The van der Waals surface area contributed by atoms with E-state index in [4.69, 9.17) is 14.7 Å². The normalized spacial score (nSPS) is 11.2. The molecule has 6 nitrogen and oxygen atoms in total. The molecule has 0 saturated carbocycles. The Bertz CT molecular complexity index is 779. The van der Waals surface area contributed by atoms with Crippen LogP contribution in [0.2, 0.25) is 0 Å². The van der Waals surface area contributed by atoms with E-state index in [1.54, 1.807) is 35.7 Å². The minimum Gasteiger partial charge on any atom is -0.493 e. The summed E-state index contributed by atoms with van der Waals surface area (Å²) in [5.74, 6) is -0.743. The Kier molecular flexibility index (Phi) is 5.93. The number of esters is 1. The number of carbonyl (C=O) groups is 2. The predicted molar refractivity (Wildman–Crippen MR) is 90.2 cm³/mol. The van der Waals surface area contributed by atoms with Gasteiger partial charge in [-0.1, -0.05) is 12.1 Å².